The van der Waals surface area contributed by atoms with Gasteiger partial charge in [0.2, 0.25) is 5.91 Å². The first-order chi connectivity index (χ1) is 13.1. The third-order valence-electron chi connectivity index (χ3n) is 4.88. The average Bonchev–Trinajstić information content (AvgIpc) is 2.72. The number of rotatable bonds is 3. The van der Waals surface area contributed by atoms with Crippen molar-refractivity contribution < 1.29 is 9.78 Å². The quantitative estimate of drug-likeness (QED) is 0.698. The number of nitrogens with one attached hydrogen (secondary N) is 2. The van der Waals surface area contributed by atoms with Crippen molar-refractivity contribution in [3.05, 3.63) is 69.5 Å². The van der Waals surface area contributed by atoms with E-state index in [9.17, 15) is 14.4 Å². The van der Waals surface area contributed by atoms with Crippen LogP contribution in [0.3, 0.4) is 0 Å². The molecule has 8 nitrogen and oxygen atoms in total. The van der Waals surface area contributed by atoms with Crippen molar-refractivity contribution in [3.8, 4) is 0 Å². The van der Waals surface area contributed by atoms with E-state index in [0.29, 0.717) is 23.9 Å². The fourth-order valence-corrected chi connectivity index (χ4v) is 3.40. The number of aromatic nitrogens is 3. The molecule has 0 atom stereocenters. The van der Waals surface area contributed by atoms with Crippen molar-refractivity contribution in [1.29, 1.82) is 0 Å². The number of piperazine rings is 1. The molecule has 1 fully saturated rings. The zero-order valence-electron chi connectivity index (χ0n) is 14.7. The predicted octanol–water partition coefficient (Wildman–Crippen LogP) is -0.147. The highest BCUT2D eigenvalue weighted by molar-refractivity contribution is 5.81. The Labute approximate surface area is 154 Å². The zero-order valence-corrected chi connectivity index (χ0v) is 14.7. The van der Waals surface area contributed by atoms with Crippen LogP contribution < -0.4 is 21.0 Å². The van der Waals surface area contributed by atoms with E-state index in [2.05, 4.69) is 15.0 Å². The van der Waals surface area contributed by atoms with Gasteiger partial charge in [-0.1, -0.05) is 12.1 Å². The number of amides is 1. The van der Waals surface area contributed by atoms with Gasteiger partial charge in [-0.25, -0.2) is 9.67 Å². The normalized spacial score (nSPS) is 14.5. The number of nitrogens with zero attached hydrogens (tertiary/aromatic N) is 3. The number of hydrogen-bond acceptors (Lipinski definition) is 4. The zero-order chi connectivity index (χ0) is 18.8. The Balaban J connectivity index is 1.48. The van der Waals surface area contributed by atoms with Gasteiger partial charge in [0.1, 0.15) is 6.54 Å². The van der Waals surface area contributed by atoms with Gasteiger partial charge in [-0.15, -0.1) is 0 Å². The van der Waals surface area contributed by atoms with Crippen LogP contribution in [0, 0.1) is 0 Å². The minimum Gasteiger partial charge on any atom is -0.368 e. The van der Waals surface area contributed by atoms with Crippen molar-refractivity contribution in [2.24, 2.45) is 0 Å². The maximum Gasteiger partial charge on any atom is 0.273 e. The lowest BCUT2D eigenvalue weighted by atomic mass is 10.2. The molecule has 0 aliphatic carbocycles. The highest BCUT2D eigenvalue weighted by Gasteiger charge is 2.22. The van der Waals surface area contributed by atoms with Crippen molar-refractivity contribution in [2.75, 3.05) is 31.1 Å². The van der Waals surface area contributed by atoms with Gasteiger partial charge < -0.3 is 9.80 Å². The van der Waals surface area contributed by atoms with E-state index in [-0.39, 0.29) is 23.6 Å². The summed E-state index contributed by atoms with van der Waals surface area (Å²) < 4.78 is 1.10. The molecular weight excluding hydrogens is 346 g/mol. The van der Waals surface area contributed by atoms with Crippen molar-refractivity contribution in [1.82, 2.24) is 14.7 Å². The molecule has 0 bridgehead atoms. The predicted molar refractivity (Wildman–Crippen MR) is 101 cm³/mol. The lowest BCUT2D eigenvalue weighted by Gasteiger charge is -2.35. The first-order valence-electron chi connectivity index (χ1n) is 8.84. The first-order valence-corrected chi connectivity index (χ1v) is 8.84. The van der Waals surface area contributed by atoms with Crippen LogP contribution in [-0.2, 0) is 11.3 Å². The third-order valence-corrected chi connectivity index (χ3v) is 4.88. The Bertz CT molecular complexity index is 1080. The molecule has 0 spiro atoms. The van der Waals surface area contributed by atoms with E-state index in [1.165, 1.54) is 0 Å². The van der Waals surface area contributed by atoms with Crippen LogP contribution in [0.25, 0.3) is 10.8 Å². The number of aromatic amines is 2. The molecule has 27 heavy (non-hydrogen) atoms. The number of hydrogen-bond donors (Lipinski definition) is 1. The van der Waals surface area contributed by atoms with Gasteiger partial charge in [0.05, 0.1) is 10.8 Å². The number of carbonyl (C=O) groups excluding carboxylic acids is 1. The largest absolute Gasteiger partial charge is 0.368 e. The average molecular weight is 366 g/mol. The Kier molecular flexibility index (Phi) is 4.45. The molecule has 0 radical (unpaired) electrons. The van der Waals surface area contributed by atoms with Crippen LogP contribution in [0.15, 0.2) is 58.4 Å². The Hall–Kier alpha value is -3.42. The lowest BCUT2D eigenvalue weighted by molar-refractivity contribution is -0.377. The molecule has 3 heterocycles. The molecule has 2 N–H and O–H groups in total. The fraction of sp³-hybridized carbons (Fsp3) is 0.263. The summed E-state index contributed by atoms with van der Waals surface area (Å²) in [7, 11) is 0. The maximum absolute atomic E-state index is 12.6. The Morgan fingerprint density at radius 1 is 0.963 bits per heavy atom. The van der Waals surface area contributed by atoms with E-state index in [4.69, 9.17) is 0 Å². The number of carbonyl (C=O) groups is 1. The molecule has 8 heteroatoms. The van der Waals surface area contributed by atoms with Crippen molar-refractivity contribution >= 4 is 22.4 Å². The lowest BCUT2D eigenvalue weighted by Crippen LogP contribution is -2.50. The van der Waals surface area contributed by atoms with Gasteiger partial charge in [0.25, 0.3) is 11.1 Å². The van der Waals surface area contributed by atoms with Crippen molar-refractivity contribution in [3.63, 3.8) is 0 Å². The fourth-order valence-electron chi connectivity index (χ4n) is 3.40. The van der Waals surface area contributed by atoms with E-state index < -0.39 is 0 Å². The summed E-state index contributed by atoms with van der Waals surface area (Å²) in [4.78, 5) is 44.3. The summed E-state index contributed by atoms with van der Waals surface area (Å²) in [6.45, 7) is 2.42. The molecular formula is C19H20N5O3+. The van der Waals surface area contributed by atoms with Crippen LogP contribution >= 0.6 is 0 Å². The summed E-state index contributed by atoms with van der Waals surface area (Å²) in [5.41, 5.74) is 0.373. The summed E-state index contributed by atoms with van der Waals surface area (Å²) in [5.74, 6) is -0.177. The number of H-pyrrole nitrogens is 2. The summed E-state index contributed by atoms with van der Waals surface area (Å²) >= 11 is 0. The Morgan fingerprint density at radius 2 is 1.63 bits per heavy atom. The number of anilines is 1. The number of fused-ring (bicyclic) bond motifs is 1. The van der Waals surface area contributed by atoms with E-state index in [1.807, 2.05) is 24.5 Å². The second-order valence-electron chi connectivity index (χ2n) is 6.50. The van der Waals surface area contributed by atoms with Crippen LogP contribution in [0.1, 0.15) is 0 Å². The Morgan fingerprint density at radius 3 is 2.33 bits per heavy atom. The number of benzene rings is 1. The van der Waals surface area contributed by atoms with Gasteiger partial charge in [-0.2, -0.15) is 0 Å². The first kappa shape index (κ1) is 17.0. The van der Waals surface area contributed by atoms with E-state index in [0.717, 1.165) is 23.5 Å². The molecule has 1 saturated heterocycles. The molecule has 1 aromatic carbocycles. The van der Waals surface area contributed by atoms with Crippen LogP contribution in [0.5, 0.6) is 0 Å². The highest BCUT2D eigenvalue weighted by atomic mass is 16.2. The van der Waals surface area contributed by atoms with Crippen molar-refractivity contribution in [2.45, 2.75) is 6.54 Å². The monoisotopic (exact) mass is 366 g/mol. The summed E-state index contributed by atoms with van der Waals surface area (Å²) in [5, 5.41) is 3.16. The highest BCUT2D eigenvalue weighted by Crippen LogP contribution is 2.14. The minimum absolute atomic E-state index is 0.167. The van der Waals surface area contributed by atoms with Gasteiger partial charge in [-0.3, -0.25) is 19.5 Å². The smallest absolute Gasteiger partial charge is 0.273 e. The van der Waals surface area contributed by atoms with Gasteiger partial charge >= 0.3 is 0 Å². The van der Waals surface area contributed by atoms with E-state index in [1.54, 1.807) is 29.2 Å². The SMILES string of the molecule is O=C(Cn1[nH]c(=O)c2ccccc2c1=O)N1CCN(c2cc[nH+]cc2)CC1. The molecule has 0 saturated carbocycles. The summed E-state index contributed by atoms with van der Waals surface area (Å²) in [6, 6.07) is 10.6. The molecule has 0 unspecified atom stereocenters. The molecule has 1 aliphatic heterocycles. The van der Waals surface area contributed by atoms with Gasteiger partial charge in [-0.05, 0) is 12.1 Å². The maximum atomic E-state index is 12.6. The minimum atomic E-state index is -0.372. The topological polar surface area (TPSA) is 92.5 Å². The van der Waals surface area contributed by atoms with Gasteiger partial charge in [0, 0.05) is 44.0 Å². The molecule has 138 valence electrons. The third kappa shape index (κ3) is 3.33. The van der Waals surface area contributed by atoms with Crippen LogP contribution in [-0.4, -0.2) is 46.8 Å². The molecule has 2 aromatic heterocycles. The second kappa shape index (κ2) is 7.06. The van der Waals surface area contributed by atoms with Gasteiger partial charge in [0.15, 0.2) is 12.4 Å². The standard InChI is InChI=1S/C19H19N5O3/c25-17(23-11-9-22(10-12-23)14-5-7-20-8-6-14)13-24-19(27)16-4-2-1-3-15(16)18(26)21-24/h1-8H,9-13H2,(H,21,26)/p+1. The second-order valence-corrected chi connectivity index (χ2v) is 6.50. The molecule has 3 aromatic rings. The summed E-state index contributed by atoms with van der Waals surface area (Å²) in [6.07, 6.45) is 3.74. The molecule has 4 rings (SSSR count). The van der Waals surface area contributed by atoms with E-state index >= 15 is 0 Å². The molecule has 1 amide bonds. The van der Waals surface area contributed by atoms with Crippen LogP contribution in [0.4, 0.5) is 5.69 Å². The number of pyridine rings is 1. The molecule has 1 aliphatic rings. The van der Waals surface area contributed by atoms with Crippen LogP contribution in [0.2, 0.25) is 0 Å².